The van der Waals surface area contributed by atoms with E-state index in [4.69, 9.17) is 21.1 Å². The smallest absolute Gasteiger partial charge is 0.410 e. The first-order valence-electron chi connectivity index (χ1n) is 14.7. The number of carbonyl (C=O) groups excluding carboxylic acids is 2. The van der Waals surface area contributed by atoms with E-state index in [2.05, 4.69) is 0 Å². The molecule has 0 spiro atoms. The van der Waals surface area contributed by atoms with Crippen LogP contribution >= 0.6 is 11.6 Å². The van der Waals surface area contributed by atoms with Crippen LogP contribution in [0.3, 0.4) is 0 Å². The summed E-state index contributed by atoms with van der Waals surface area (Å²) in [5.41, 5.74) is -1.09. The lowest BCUT2D eigenvalue weighted by Crippen LogP contribution is -2.58. The molecule has 0 radical (unpaired) electrons. The summed E-state index contributed by atoms with van der Waals surface area (Å²) in [5.74, 6) is -0.449. The molecule has 0 N–H and O–H groups in total. The highest BCUT2D eigenvalue weighted by molar-refractivity contribution is 7.89. The highest BCUT2D eigenvalue weighted by atomic mass is 35.5. The van der Waals surface area contributed by atoms with E-state index in [0.29, 0.717) is 55.8 Å². The molecule has 234 valence electrons. The highest BCUT2D eigenvalue weighted by Crippen LogP contribution is 2.52. The monoisotopic (exact) mass is 635 g/mol. The van der Waals surface area contributed by atoms with Gasteiger partial charge in [0.1, 0.15) is 17.0 Å². The SMILES string of the molecule is CC1CN(C(=O)OC(C)(C)C)CCN1C(=O)OC1([C@H]2CCC[C@@H](c3cccc(F)c3)N2S(=O)(=O)c2ccc(Cl)cc2)CC1. The predicted octanol–water partition coefficient (Wildman–Crippen LogP) is 6.37. The number of nitrogens with zero attached hydrogens (tertiary/aromatic N) is 3. The van der Waals surface area contributed by atoms with Gasteiger partial charge in [-0.05, 0) is 102 Å². The van der Waals surface area contributed by atoms with E-state index >= 15 is 0 Å². The zero-order valence-electron chi connectivity index (χ0n) is 25.0. The number of halogens is 2. The fraction of sp³-hybridized carbons (Fsp3) is 0.548. The van der Waals surface area contributed by atoms with Crippen molar-refractivity contribution in [3.63, 3.8) is 0 Å². The number of ether oxygens (including phenoxy) is 2. The number of hydrogen-bond acceptors (Lipinski definition) is 6. The summed E-state index contributed by atoms with van der Waals surface area (Å²) in [5, 5.41) is 0.407. The van der Waals surface area contributed by atoms with Gasteiger partial charge in [-0.3, -0.25) is 0 Å². The lowest BCUT2D eigenvalue weighted by molar-refractivity contribution is -0.0266. The minimum absolute atomic E-state index is 0.0687. The Bertz CT molecular complexity index is 1460. The predicted molar refractivity (Wildman–Crippen MR) is 160 cm³/mol. The molecule has 1 saturated carbocycles. The Labute approximate surface area is 257 Å². The lowest BCUT2D eigenvalue weighted by atomic mass is 9.90. The molecule has 3 fully saturated rings. The minimum atomic E-state index is -4.10. The molecule has 5 rings (SSSR count). The Morgan fingerprint density at radius 1 is 1.02 bits per heavy atom. The second-order valence-corrected chi connectivity index (χ2v) is 15.0. The molecule has 1 unspecified atom stereocenters. The molecule has 9 nitrogen and oxygen atoms in total. The highest BCUT2D eigenvalue weighted by Gasteiger charge is 2.60. The maximum atomic E-state index is 14.3. The van der Waals surface area contributed by atoms with Crippen LogP contribution in [0.25, 0.3) is 0 Å². The van der Waals surface area contributed by atoms with Crippen molar-refractivity contribution in [2.45, 2.75) is 94.0 Å². The van der Waals surface area contributed by atoms with E-state index < -0.39 is 51.3 Å². The van der Waals surface area contributed by atoms with Crippen molar-refractivity contribution >= 4 is 33.8 Å². The summed E-state index contributed by atoms with van der Waals surface area (Å²) in [6, 6.07) is 10.4. The Hall–Kier alpha value is -2.89. The van der Waals surface area contributed by atoms with Crippen LogP contribution in [0.15, 0.2) is 53.4 Å². The van der Waals surface area contributed by atoms with Crippen LogP contribution in [0, 0.1) is 5.82 Å². The van der Waals surface area contributed by atoms with Crippen molar-refractivity contribution < 1.29 is 31.9 Å². The number of hydrogen-bond donors (Lipinski definition) is 0. The molecule has 3 atom stereocenters. The summed E-state index contributed by atoms with van der Waals surface area (Å²) in [7, 11) is -4.10. The molecular weight excluding hydrogens is 597 g/mol. The average molecular weight is 636 g/mol. The third kappa shape index (κ3) is 6.78. The first kappa shape index (κ1) is 31.5. The molecule has 0 aromatic heterocycles. The van der Waals surface area contributed by atoms with Gasteiger partial charge >= 0.3 is 12.2 Å². The van der Waals surface area contributed by atoms with Gasteiger partial charge in [0, 0.05) is 24.7 Å². The Balaban J connectivity index is 1.40. The molecule has 43 heavy (non-hydrogen) atoms. The third-order valence-corrected chi connectivity index (χ3v) is 10.5. The number of rotatable bonds is 5. The Morgan fingerprint density at radius 3 is 2.33 bits per heavy atom. The average Bonchev–Trinajstić information content (AvgIpc) is 3.72. The van der Waals surface area contributed by atoms with E-state index in [0.717, 1.165) is 0 Å². The van der Waals surface area contributed by atoms with Crippen molar-refractivity contribution in [2.24, 2.45) is 0 Å². The van der Waals surface area contributed by atoms with E-state index in [1.165, 1.54) is 40.7 Å². The fourth-order valence-electron chi connectivity index (χ4n) is 6.14. The molecule has 2 aromatic carbocycles. The third-order valence-electron chi connectivity index (χ3n) is 8.35. The van der Waals surface area contributed by atoms with Gasteiger partial charge in [-0.1, -0.05) is 23.7 Å². The Morgan fingerprint density at radius 2 is 1.72 bits per heavy atom. The largest absolute Gasteiger partial charge is 0.444 e. The topological polar surface area (TPSA) is 96.5 Å². The van der Waals surface area contributed by atoms with Crippen LogP contribution in [0.2, 0.25) is 5.02 Å². The maximum Gasteiger partial charge on any atom is 0.410 e. The van der Waals surface area contributed by atoms with Gasteiger partial charge in [0.15, 0.2) is 0 Å². The van der Waals surface area contributed by atoms with Crippen LogP contribution in [0.4, 0.5) is 14.0 Å². The second kappa shape index (κ2) is 11.9. The summed E-state index contributed by atoms with van der Waals surface area (Å²) >= 11 is 6.06. The zero-order valence-corrected chi connectivity index (χ0v) is 26.5. The zero-order chi connectivity index (χ0) is 31.2. The summed E-state index contributed by atoms with van der Waals surface area (Å²) < 4.78 is 56.0. The molecule has 3 aliphatic rings. The summed E-state index contributed by atoms with van der Waals surface area (Å²) in [6.07, 6.45) is 1.73. The van der Waals surface area contributed by atoms with Gasteiger partial charge in [-0.25, -0.2) is 22.4 Å². The Kier molecular flexibility index (Phi) is 8.72. The van der Waals surface area contributed by atoms with E-state index in [1.54, 1.807) is 42.7 Å². The van der Waals surface area contributed by atoms with Gasteiger partial charge in [-0.15, -0.1) is 0 Å². The van der Waals surface area contributed by atoms with Crippen molar-refractivity contribution in [3.8, 4) is 0 Å². The maximum absolute atomic E-state index is 14.3. The summed E-state index contributed by atoms with van der Waals surface area (Å²) in [4.78, 5) is 29.4. The van der Waals surface area contributed by atoms with Crippen molar-refractivity contribution in [2.75, 3.05) is 19.6 Å². The van der Waals surface area contributed by atoms with Crippen molar-refractivity contribution in [1.82, 2.24) is 14.1 Å². The van der Waals surface area contributed by atoms with Gasteiger partial charge in [0.05, 0.1) is 23.0 Å². The standard InChI is InChI=1S/C31H39ClFN3O6S/c1-21-20-34(28(37)41-30(2,3)4)17-18-35(21)29(38)42-31(15-16-31)27-10-6-9-26(22-7-5-8-24(33)19-22)36(27)43(39,40)25-13-11-23(32)12-14-25/h5,7-8,11-14,19,21,26-27H,6,9-10,15-18,20H2,1-4H3/t21?,26-,27+/m0/s1. The number of piperazine rings is 1. The number of piperidine rings is 1. The summed E-state index contributed by atoms with van der Waals surface area (Å²) in [6.45, 7) is 8.10. The molecule has 1 aliphatic carbocycles. The van der Waals surface area contributed by atoms with Crippen LogP contribution in [-0.2, 0) is 19.5 Å². The molecule has 2 heterocycles. The first-order valence-corrected chi connectivity index (χ1v) is 16.5. The molecule has 12 heteroatoms. The van der Waals surface area contributed by atoms with Gasteiger partial charge in [0.25, 0.3) is 0 Å². The van der Waals surface area contributed by atoms with Gasteiger partial charge in [0.2, 0.25) is 10.0 Å². The van der Waals surface area contributed by atoms with Crippen LogP contribution in [0.1, 0.15) is 71.4 Å². The normalized spacial score (nSPS) is 24.4. The van der Waals surface area contributed by atoms with Gasteiger partial charge in [-0.2, -0.15) is 4.31 Å². The number of amides is 2. The fourth-order valence-corrected chi connectivity index (χ4v) is 8.19. The van der Waals surface area contributed by atoms with E-state index in [-0.39, 0.29) is 17.5 Å². The quantitative estimate of drug-likeness (QED) is 0.379. The molecule has 2 amide bonds. The number of carbonyl (C=O) groups is 2. The molecule has 2 aromatic rings. The minimum Gasteiger partial charge on any atom is -0.444 e. The first-order chi connectivity index (χ1) is 20.2. The second-order valence-electron chi connectivity index (χ2n) is 12.7. The molecular formula is C31H39ClFN3O6S. The van der Waals surface area contributed by atoms with Gasteiger partial charge < -0.3 is 19.3 Å². The number of benzene rings is 2. The molecule has 2 aliphatic heterocycles. The molecule has 0 bridgehead atoms. The van der Waals surface area contributed by atoms with Crippen LogP contribution < -0.4 is 0 Å². The van der Waals surface area contributed by atoms with E-state index in [1.807, 2.05) is 6.92 Å². The number of sulfonamides is 1. The van der Waals surface area contributed by atoms with Crippen LogP contribution in [0.5, 0.6) is 0 Å². The van der Waals surface area contributed by atoms with Crippen LogP contribution in [-0.4, -0.2) is 77.6 Å². The van der Waals surface area contributed by atoms with Crippen molar-refractivity contribution in [3.05, 3.63) is 64.9 Å². The lowest BCUT2D eigenvalue weighted by Gasteiger charge is -2.45. The van der Waals surface area contributed by atoms with Crippen molar-refractivity contribution in [1.29, 1.82) is 0 Å². The molecule has 2 saturated heterocycles. The van der Waals surface area contributed by atoms with E-state index in [9.17, 15) is 22.4 Å².